The van der Waals surface area contributed by atoms with Crippen LogP contribution >= 0.6 is 11.3 Å². The highest BCUT2D eigenvalue weighted by Crippen LogP contribution is 2.41. The highest BCUT2D eigenvalue weighted by atomic mass is 32.1. The van der Waals surface area contributed by atoms with Gasteiger partial charge in [0.2, 0.25) is 0 Å². The summed E-state index contributed by atoms with van der Waals surface area (Å²) in [4.78, 5) is 0. The SMILES string of the molecule is c1ccc2cc(-n3c4ccc5ccccc5c4c4ccc5sccc5c43)ccc2c1. The first-order valence-electron chi connectivity index (χ1n) is 10.2. The number of fused-ring (bicyclic) bond motifs is 8. The lowest BCUT2D eigenvalue weighted by atomic mass is 10.0. The first-order chi connectivity index (χ1) is 14.9. The van der Waals surface area contributed by atoms with E-state index in [4.69, 9.17) is 0 Å². The molecule has 7 aromatic rings. The van der Waals surface area contributed by atoms with Gasteiger partial charge in [-0.1, -0.05) is 66.7 Å². The van der Waals surface area contributed by atoms with E-state index < -0.39 is 0 Å². The second-order valence-electron chi connectivity index (χ2n) is 7.84. The fraction of sp³-hybridized carbons (Fsp3) is 0. The summed E-state index contributed by atoms with van der Waals surface area (Å²) in [6.07, 6.45) is 0. The third kappa shape index (κ3) is 2.11. The molecule has 0 unspecified atom stereocenters. The third-order valence-electron chi connectivity index (χ3n) is 6.24. The molecule has 30 heavy (non-hydrogen) atoms. The molecule has 0 radical (unpaired) electrons. The van der Waals surface area contributed by atoms with E-state index in [1.165, 1.54) is 59.1 Å². The molecule has 7 rings (SSSR count). The second-order valence-corrected chi connectivity index (χ2v) is 8.79. The van der Waals surface area contributed by atoms with Gasteiger partial charge in [-0.05, 0) is 57.3 Å². The Morgan fingerprint density at radius 3 is 2.30 bits per heavy atom. The Hall–Kier alpha value is -3.62. The predicted molar refractivity (Wildman–Crippen MR) is 131 cm³/mol. The van der Waals surface area contributed by atoms with Gasteiger partial charge in [0.15, 0.2) is 0 Å². The number of aromatic nitrogens is 1. The van der Waals surface area contributed by atoms with Gasteiger partial charge in [-0.3, -0.25) is 0 Å². The molecular formula is C28H17NS. The van der Waals surface area contributed by atoms with Crippen LogP contribution in [0, 0.1) is 0 Å². The van der Waals surface area contributed by atoms with Crippen molar-refractivity contribution in [3.8, 4) is 5.69 Å². The van der Waals surface area contributed by atoms with E-state index >= 15 is 0 Å². The Labute approximate surface area is 177 Å². The number of rotatable bonds is 1. The van der Waals surface area contributed by atoms with Crippen molar-refractivity contribution in [1.82, 2.24) is 4.57 Å². The van der Waals surface area contributed by atoms with E-state index in [0.29, 0.717) is 0 Å². The topological polar surface area (TPSA) is 4.93 Å². The van der Waals surface area contributed by atoms with E-state index in [-0.39, 0.29) is 0 Å². The number of nitrogens with zero attached hydrogens (tertiary/aromatic N) is 1. The smallest absolute Gasteiger partial charge is 0.0628 e. The molecule has 2 heterocycles. The van der Waals surface area contributed by atoms with Crippen LogP contribution in [0.1, 0.15) is 0 Å². The van der Waals surface area contributed by atoms with Crippen molar-refractivity contribution < 1.29 is 0 Å². The Bertz CT molecular complexity index is 1750. The van der Waals surface area contributed by atoms with Crippen LogP contribution in [0.5, 0.6) is 0 Å². The molecule has 5 aromatic carbocycles. The van der Waals surface area contributed by atoms with Crippen LogP contribution in [0.15, 0.2) is 102 Å². The zero-order chi connectivity index (χ0) is 19.7. The van der Waals surface area contributed by atoms with E-state index in [1.54, 1.807) is 0 Å². The average Bonchev–Trinajstić information content (AvgIpc) is 3.41. The number of benzene rings is 5. The molecule has 0 N–H and O–H groups in total. The highest BCUT2D eigenvalue weighted by Gasteiger charge is 2.17. The lowest BCUT2D eigenvalue weighted by Gasteiger charge is -2.10. The molecule has 0 amide bonds. The summed E-state index contributed by atoms with van der Waals surface area (Å²) < 4.78 is 3.79. The van der Waals surface area contributed by atoms with Crippen LogP contribution in [0.4, 0.5) is 0 Å². The van der Waals surface area contributed by atoms with Crippen LogP contribution in [-0.4, -0.2) is 4.57 Å². The Morgan fingerprint density at radius 1 is 0.567 bits per heavy atom. The van der Waals surface area contributed by atoms with Crippen molar-refractivity contribution in [3.63, 3.8) is 0 Å². The fourth-order valence-electron chi connectivity index (χ4n) is 4.91. The first kappa shape index (κ1) is 16.2. The molecule has 0 saturated heterocycles. The first-order valence-corrected chi connectivity index (χ1v) is 11.1. The van der Waals surface area contributed by atoms with Gasteiger partial charge in [0.25, 0.3) is 0 Å². The molecule has 1 nitrogen and oxygen atoms in total. The maximum absolute atomic E-state index is 2.46. The van der Waals surface area contributed by atoms with Crippen LogP contribution in [0.25, 0.3) is 59.1 Å². The monoisotopic (exact) mass is 399 g/mol. The second kappa shape index (κ2) is 5.94. The molecule has 0 aliphatic rings. The predicted octanol–water partition coefficient (Wildman–Crippen LogP) is 8.30. The van der Waals surface area contributed by atoms with Gasteiger partial charge in [-0.15, -0.1) is 11.3 Å². The third-order valence-corrected chi connectivity index (χ3v) is 7.12. The lowest BCUT2D eigenvalue weighted by Crippen LogP contribution is -1.94. The summed E-state index contributed by atoms with van der Waals surface area (Å²) in [6, 6.07) is 35.5. The Balaban J connectivity index is 1.74. The summed E-state index contributed by atoms with van der Waals surface area (Å²) in [5.74, 6) is 0. The van der Waals surface area contributed by atoms with Crippen molar-refractivity contribution >= 4 is 64.8 Å². The molecule has 0 aliphatic heterocycles. The van der Waals surface area contributed by atoms with Gasteiger partial charge >= 0.3 is 0 Å². The van der Waals surface area contributed by atoms with Crippen molar-refractivity contribution in [3.05, 3.63) is 102 Å². The van der Waals surface area contributed by atoms with Crippen LogP contribution in [-0.2, 0) is 0 Å². The minimum atomic E-state index is 1.21. The lowest BCUT2D eigenvalue weighted by molar-refractivity contribution is 1.19. The maximum Gasteiger partial charge on any atom is 0.0628 e. The van der Waals surface area contributed by atoms with Crippen LogP contribution in [0.3, 0.4) is 0 Å². The number of hydrogen-bond donors (Lipinski definition) is 0. The summed E-state index contributed by atoms with van der Waals surface area (Å²) in [7, 11) is 0. The standard InChI is InChI=1S/C28H17NS/c1-2-7-20-17-21(11-9-18(20)5-1)29-25-13-10-19-6-3-4-8-22(19)27(25)24-12-14-26-23(28(24)29)15-16-30-26/h1-17H. The molecule has 0 saturated carbocycles. The molecule has 0 spiro atoms. The molecule has 0 fully saturated rings. The summed E-state index contributed by atoms with van der Waals surface area (Å²) in [5, 5.41) is 11.3. The molecule has 2 aromatic heterocycles. The van der Waals surface area contributed by atoms with Crippen molar-refractivity contribution in [2.45, 2.75) is 0 Å². The molecule has 0 bridgehead atoms. The fourth-order valence-corrected chi connectivity index (χ4v) is 5.69. The molecule has 2 heteroatoms. The van der Waals surface area contributed by atoms with Crippen LogP contribution < -0.4 is 0 Å². The van der Waals surface area contributed by atoms with E-state index in [1.807, 2.05) is 11.3 Å². The van der Waals surface area contributed by atoms with Gasteiger partial charge < -0.3 is 4.57 Å². The highest BCUT2D eigenvalue weighted by molar-refractivity contribution is 7.17. The van der Waals surface area contributed by atoms with Gasteiger partial charge in [0, 0.05) is 26.5 Å². The minimum Gasteiger partial charge on any atom is -0.309 e. The number of thiophene rings is 1. The van der Waals surface area contributed by atoms with Crippen molar-refractivity contribution in [1.29, 1.82) is 0 Å². The summed E-state index contributed by atoms with van der Waals surface area (Å²) in [5.41, 5.74) is 3.77. The van der Waals surface area contributed by atoms with Gasteiger partial charge in [0.05, 0.1) is 11.0 Å². The quantitative estimate of drug-likeness (QED) is 0.262. The van der Waals surface area contributed by atoms with Gasteiger partial charge in [0.1, 0.15) is 0 Å². The molecular weight excluding hydrogens is 382 g/mol. The van der Waals surface area contributed by atoms with Gasteiger partial charge in [-0.25, -0.2) is 0 Å². The average molecular weight is 400 g/mol. The summed E-state index contributed by atoms with van der Waals surface area (Å²) >= 11 is 1.81. The summed E-state index contributed by atoms with van der Waals surface area (Å²) in [6.45, 7) is 0. The van der Waals surface area contributed by atoms with Crippen LogP contribution in [0.2, 0.25) is 0 Å². The van der Waals surface area contributed by atoms with E-state index in [0.717, 1.165) is 0 Å². The molecule has 140 valence electrons. The zero-order valence-electron chi connectivity index (χ0n) is 16.2. The minimum absolute atomic E-state index is 1.21. The molecule has 0 atom stereocenters. The van der Waals surface area contributed by atoms with Gasteiger partial charge in [-0.2, -0.15) is 0 Å². The van der Waals surface area contributed by atoms with Crippen molar-refractivity contribution in [2.75, 3.05) is 0 Å². The maximum atomic E-state index is 2.46. The Morgan fingerprint density at radius 2 is 1.37 bits per heavy atom. The zero-order valence-corrected chi connectivity index (χ0v) is 17.0. The molecule has 0 aliphatic carbocycles. The van der Waals surface area contributed by atoms with E-state index in [9.17, 15) is 0 Å². The number of hydrogen-bond acceptors (Lipinski definition) is 1. The van der Waals surface area contributed by atoms with E-state index in [2.05, 4.69) is 107 Å². The Kier molecular flexibility index (Phi) is 3.21. The largest absolute Gasteiger partial charge is 0.309 e. The van der Waals surface area contributed by atoms with Crippen molar-refractivity contribution in [2.24, 2.45) is 0 Å². The normalized spacial score (nSPS) is 12.0.